The van der Waals surface area contributed by atoms with E-state index in [9.17, 15) is 23.1 Å². The Balaban J connectivity index is 2.87. The average Bonchev–Trinajstić information content (AvgIpc) is 2.42. The van der Waals surface area contributed by atoms with Crippen molar-refractivity contribution < 1.29 is 23.1 Å². The number of thioether (sulfide) groups is 1. The summed E-state index contributed by atoms with van der Waals surface area (Å²) in [5.41, 5.74) is 0. The Labute approximate surface area is 129 Å². The molecule has 1 aliphatic rings. The van der Waals surface area contributed by atoms with Gasteiger partial charge in [-0.25, -0.2) is 18.0 Å². The van der Waals surface area contributed by atoms with Crippen molar-refractivity contribution in [2.75, 3.05) is 24.3 Å². The highest BCUT2D eigenvalue weighted by atomic mass is 32.2. The zero-order valence-electron chi connectivity index (χ0n) is 12.4. The highest BCUT2D eigenvalue weighted by Gasteiger charge is 2.36. The lowest BCUT2D eigenvalue weighted by atomic mass is 9.99. The number of carbonyl (C=O) groups is 2. The van der Waals surface area contributed by atoms with Crippen molar-refractivity contribution in [3.05, 3.63) is 0 Å². The minimum absolute atomic E-state index is 0.234. The molecule has 2 N–H and O–H groups in total. The van der Waals surface area contributed by atoms with Gasteiger partial charge in [0.25, 0.3) is 0 Å². The summed E-state index contributed by atoms with van der Waals surface area (Å²) in [5.74, 6) is -0.393. The molecule has 0 saturated carbocycles. The summed E-state index contributed by atoms with van der Waals surface area (Å²) in [4.78, 5) is 24.7. The van der Waals surface area contributed by atoms with Gasteiger partial charge in [0.2, 0.25) is 0 Å². The zero-order valence-corrected chi connectivity index (χ0v) is 14.0. The molecule has 0 aromatic heterocycles. The highest BCUT2D eigenvalue weighted by molar-refractivity contribution is 8.00. The number of carboxylic acids is 1. The molecular weight excluding hydrogens is 316 g/mol. The summed E-state index contributed by atoms with van der Waals surface area (Å²) in [5, 5.41) is 10.7. The van der Waals surface area contributed by atoms with Crippen LogP contribution in [0.5, 0.6) is 0 Å². The Morgan fingerprint density at radius 1 is 1.48 bits per heavy atom. The second-order valence-electron chi connectivity index (χ2n) is 5.20. The third kappa shape index (κ3) is 4.77. The molecule has 3 unspecified atom stereocenters. The van der Waals surface area contributed by atoms with E-state index in [-0.39, 0.29) is 5.92 Å². The van der Waals surface area contributed by atoms with Crippen molar-refractivity contribution in [2.45, 2.75) is 31.7 Å². The van der Waals surface area contributed by atoms with Gasteiger partial charge in [-0.3, -0.25) is 0 Å². The van der Waals surface area contributed by atoms with Crippen LogP contribution in [0, 0.1) is 5.92 Å². The van der Waals surface area contributed by atoms with Crippen LogP contribution in [-0.2, 0) is 14.6 Å². The summed E-state index contributed by atoms with van der Waals surface area (Å²) < 4.78 is 23.5. The summed E-state index contributed by atoms with van der Waals surface area (Å²) in [6.07, 6.45) is 1.69. The second-order valence-corrected chi connectivity index (χ2v) is 8.56. The molecule has 1 saturated heterocycles. The SMILES string of the molecule is CCC(C)C(NC(=O)N1CCSCC1S(C)(=O)=O)C(=O)O. The molecule has 1 aliphatic heterocycles. The van der Waals surface area contributed by atoms with E-state index in [4.69, 9.17) is 0 Å². The normalized spacial score (nSPS) is 22.4. The summed E-state index contributed by atoms with van der Waals surface area (Å²) in [6, 6.07) is -1.64. The van der Waals surface area contributed by atoms with Crippen LogP contribution in [0.1, 0.15) is 20.3 Å². The van der Waals surface area contributed by atoms with Crippen LogP contribution in [0.15, 0.2) is 0 Å². The molecule has 2 amide bonds. The van der Waals surface area contributed by atoms with Gasteiger partial charge in [0.15, 0.2) is 9.84 Å². The van der Waals surface area contributed by atoms with E-state index in [1.54, 1.807) is 6.92 Å². The van der Waals surface area contributed by atoms with E-state index in [1.165, 1.54) is 16.7 Å². The van der Waals surface area contributed by atoms with Crippen LogP contribution >= 0.6 is 11.8 Å². The summed E-state index contributed by atoms with van der Waals surface area (Å²) in [6.45, 7) is 3.86. The fourth-order valence-corrected chi connectivity index (χ4v) is 4.88. The molecule has 1 rings (SSSR count). The maximum Gasteiger partial charge on any atom is 0.326 e. The predicted octanol–water partition coefficient (Wildman–Crippen LogP) is 0.615. The number of aliphatic carboxylic acids is 1. The number of nitrogens with one attached hydrogen (secondary N) is 1. The fourth-order valence-electron chi connectivity index (χ4n) is 2.07. The average molecular weight is 338 g/mol. The number of rotatable bonds is 5. The van der Waals surface area contributed by atoms with Gasteiger partial charge in [0.1, 0.15) is 11.4 Å². The molecule has 3 atom stereocenters. The van der Waals surface area contributed by atoms with Crippen molar-refractivity contribution in [3.63, 3.8) is 0 Å². The van der Waals surface area contributed by atoms with Crippen LogP contribution < -0.4 is 5.32 Å². The predicted molar refractivity (Wildman–Crippen MR) is 82.1 cm³/mol. The topological polar surface area (TPSA) is 104 Å². The van der Waals surface area contributed by atoms with Gasteiger partial charge in [0.05, 0.1) is 0 Å². The van der Waals surface area contributed by atoms with Crippen LogP contribution in [0.2, 0.25) is 0 Å². The van der Waals surface area contributed by atoms with Gasteiger partial charge in [-0.2, -0.15) is 11.8 Å². The van der Waals surface area contributed by atoms with Gasteiger partial charge in [0, 0.05) is 24.3 Å². The van der Waals surface area contributed by atoms with E-state index in [1.807, 2.05) is 6.92 Å². The van der Waals surface area contributed by atoms with Gasteiger partial charge in [-0.15, -0.1) is 0 Å². The van der Waals surface area contributed by atoms with Crippen LogP contribution in [-0.4, -0.2) is 66.1 Å². The van der Waals surface area contributed by atoms with Crippen molar-refractivity contribution in [2.24, 2.45) is 5.92 Å². The van der Waals surface area contributed by atoms with Crippen molar-refractivity contribution in [1.82, 2.24) is 10.2 Å². The molecule has 0 aliphatic carbocycles. The lowest BCUT2D eigenvalue weighted by Crippen LogP contribution is -2.57. The zero-order chi connectivity index (χ0) is 16.2. The monoisotopic (exact) mass is 338 g/mol. The molecule has 1 heterocycles. The smallest absolute Gasteiger partial charge is 0.326 e. The molecule has 122 valence electrons. The largest absolute Gasteiger partial charge is 0.480 e. The van der Waals surface area contributed by atoms with Crippen LogP contribution in [0.4, 0.5) is 4.79 Å². The first-order chi connectivity index (χ1) is 9.68. The molecule has 1 fully saturated rings. The molecule has 9 heteroatoms. The third-order valence-electron chi connectivity index (χ3n) is 3.60. The van der Waals surface area contributed by atoms with E-state index >= 15 is 0 Å². The molecule has 0 aromatic carbocycles. The lowest BCUT2D eigenvalue weighted by molar-refractivity contribution is -0.140. The Morgan fingerprint density at radius 2 is 2.10 bits per heavy atom. The second kappa shape index (κ2) is 7.35. The van der Waals surface area contributed by atoms with Crippen LogP contribution in [0.3, 0.4) is 0 Å². The minimum atomic E-state index is -3.41. The number of nitrogens with zero attached hydrogens (tertiary/aromatic N) is 1. The van der Waals surface area contributed by atoms with Gasteiger partial charge >= 0.3 is 12.0 Å². The first kappa shape index (κ1) is 18.1. The summed E-state index contributed by atoms with van der Waals surface area (Å²) >= 11 is 1.47. The van der Waals surface area contributed by atoms with Crippen LogP contribution in [0.25, 0.3) is 0 Å². The van der Waals surface area contributed by atoms with Crippen molar-refractivity contribution in [1.29, 1.82) is 0 Å². The van der Waals surface area contributed by atoms with E-state index in [2.05, 4.69) is 5.32 Å². The van der Waals surface area contributed by atoms with E-state index < -0.39 is 33.3 Å². The number of sulfone groups is 1. The molecule has 7 nitrogen and oxygen atoms in total. The van der Waals surface area contributed by atoms with E-state index in [0.29, 0.717) is 24.5 Å². The third-order valence-corrected chi connectivity index (χ3v) is 6.24. The van der Waals surface area contributed by atoms with Gasteiger partial charge in [-0.05, 0) is 5.92 Å². The van der Waals surface area contributed by atoms with Crippen molar-refractivity contribution in [3.8, 4) is 0 Å². The number of carbonyl (C=O) groups excluding carboxylic acids is 1. The van der Waals surface area contributed by atoms with Crippen molar-refractivity contribution >= 4 is 33.6 Å². The molecule has 0 bridgehead atoms. The molecule has 21 heavy (non-hydrogen) atoms. The number of urea groups is 1. The Hall–Kier alpha value is -0.960. The summed E-state index contributed by atoms with van der Waals surface area (Å²) in [7, 11) is -3.41. The molecule has 0 aromatic rings. The maximum atomic E-state index is 12.3. The number of amides is 2. The number of hydrogen-bond donors (Lipinski definition) is 2. The van der Waals surface area contributed by atoms with Gasteiger partial charge in [-0.1, -0.05) is 20.3 Å². The fraction of sp³-hybridized carbons (Fsp3) is 0.833. The Bertz CT molecular complexity index is 494. The standard InChI is InChI=1S/C12H22N2O5S2/c1-4-8(2)10(11(15)16)13-12(17)14-5-6-20-7-9(14)21(3,18)19/h8-10H,4-7H2,1-3H3,(H,13,17)(H,15,16). The quantitative estimate of drug-likeness (QED) is 0.761. The number of hydrogen-bond acceptors (Lipinski definition) is 5. The molecular formula is C12H22N2O5S2. The first-order valence-electron chi connectivity index (χ1n) is 6.75. The highest BCUT2D eigenvalue weighted by Crippen LogP contribution is 2.21. The maximum absolute atomic E-state index is 12.3. The van der Waals surface area contributed by atoms with Gasteiger partial charge < -0.3 is 15.3 Å². The molecule has 0 spiro atoms. The number of carboxylic acid groups (broad SMARTS) is 1. The minimum Gasteiger partial charge on any atom is -0.480 e. The molecule has 0 radical (unpaired) electrons. The van der Waals surface area contributed by atoms with E-state index in [0.717, 1.165) is 6.26 Å². The lowest BCUT2D eigenvalue weighted by Gasteiger charge is -2.35. The Kier molecular flexibility index (Phi) is 6.33. The Morgan fingerprint density at radius 3 is 2.57 bits per heavy atom. The first-order valence-corrected chi connectivity index (χ1v) is 9.86.